The third-order valence-corrected chi connectivity index (χ3v) is 4.85. The summed E-state index contributed by atoms with van der Waals surface area (Å²) in [7, 11) is 0. The highest BCUT2D eigenvalue weighted by Crippen LogP contribution is 2.33. The first-order valence-electron chi connectivity index (χ1n) is 9.03. The van der Waals surface area contributed by atoms with E-state index in [-0.39, 0.29) is 23.2 Å². The van der Waals surface area contributed by atoms with Crippen LogP contribution >= 0.6 is 0 Å². The Balaban J connectivity index is 1.86. The predicted octanol–water partition coefficient (Wildman–Crippen LogP) is 1.96. The summed E-state index contributed by atoms with van der Waals surface area (Å²) >= 11 is 0. The fraction of sp³-hybridized carbons (Fsp3) is 0.333. The van der Waals surface area contributed by atoms with E-state index < -0.39 is 23.5 Å². The summed E-state index contributed by atoms with van der Waals surface area (Å²) in [6.45, 7) is 3.88. The van der Waals surface area contributed by atoms with Crippen molar-refractivity contribution >= 4 is 17.7 Å². The summed E-state index contributed by atoms with van der Waals surface area (Å²) in [5.74, 6) is -2.16. The molecule has 7 heteroatoms. The van der Waals surface area contributed by atoms with Gasteiger partial charge in [-0.2, -0.15) is 0 Å². The van der Waals surface area contributed by atoms with Crippen molar-refractivity contribution in [2.45, 2.75) is 39.2 Å². The van der Waals surface area contributed by atoms with Gasteiger partial charge >= 0.3 is 5.97 Å². The molecule has 0 aliphatic heterocycles. The number of H-pyrrole nitrogens is 1. The Hall–Kier alpha value is -3.22. The molecule has 0 saturated carbocycles. The van der Waals surface area contributed by atoms with Crippen LogP contribution in [0.1, 0.15) is 52.2 Å². The number of Topliss-reactive ketones (excluding diaryl/α,β-unsaturated/α-hetero) is 1. The molecule has 3 rings (SSSR count). The number of rotatable bonds is 5. The molecule has 0 unspecified atom stereocenters. The van der Waals surface area contributed by atoms with Gasteiger partial charge in [0.1, 0.15) is 11.6 Å². The molecule has 1 aliphatic rings. The van der Waals surface area contributed by atoms with Gasteiger partial charge in [-0.15, -0.1) is 0 Å². The van der Waals surface area contributed by atoms with Crippen molar-refractivity contribution in [3.05, 3.63) is 69.1 Å². The number of amides is 1. The summed E-state index contributed by atoms with van der Waals surface area (Å²) in [4.78, 5) is 51.6. The van der Waals surface area contributed by atoms with Crippen LogP contribution in [0.3, 0.4) is 0 Å². The van der Waals surface area contributed by atoms with Gasteiger partial charge in [-0.3, -0.25) is 14.4 Å². The van der Waals surface area contributed by atoms with Crippen molar-refractivity contribution in [2.24, 2.45) is 5.41 Å². The lowest BCUT2D eigenvalue weighted by atomic mass is 9.75. The van der Waals surface area contributed by atoms with Crippen LogP contribution in [0.15, 0.2) is 41.2 Å². The smallest absolute Gasteiger partial charge is 0.326 e. The third kappa shape index (κ3) is 4.19. The first kappa shape index (κ1) is 19.5. The standard InChI is InChI=1S/C21H22N2O5/c1-21(2)10-16-13(17(24)11-21)9-14(19(26)23-16)18(25)22-15(20(27)28)8-12-6-4-3-5-7-12/h3-7,9,15H,8,10-11H2,1-2H3,(H,22,25)(H,23,26)(H,27,28)/t15-/m1/s1. The van der Waals surface area contributed by atoms with Gasteiger partial charge in [0.25, 0.3) is 11.5 Å². The first-order chi connectivity index (χ1) is 13.2. The molecule has 0 bridgehead atoms. The van der Waals surface area contributed by atoms with Crippen molar-refractivity contribution in [3.63, 3.8) is 0 Å². The van der Waals surface area contributed by atoms with Crippen molar-refractivity contribution in [1.82, 2.24) is 10.3 Å². The third-order valence-electron chi connectivity index (χ3n) is 4.85. The van der Waals surface area contributed by atoms with E-state index >= 15 is 0 Å². The molecule has 0 spiro atoms. The number of carboxylic acids is 1. The summed E-state index contributed by atoms with van der Waals surface area (Å²) in [5, 5.41) is 11.8. The Bertz CT molecular complexity index is 992. The highest BCUT2D eigenvalue weighted by molar-refractivity contribution is 6.02. The molecule has 7 nitrogen and oxygen atoms in total. The molecular formula is C21H22N2O5. The van der Waals surface area contributed by atoms with Crippen molar-refractivity contribution < 1.29 is 19.5 Å². The molecule has 1 aliphatic carbocycles. The lowest BCUT2D eigenvalue weighted by Gasteiger charge is -2.29. The molecule has 1 atom stereocenters. The topological polar surface area (TPSA) is 116 Å². The zero-order chi connectivity index (χ0) is 20.5. The van der Waals surface area contributed by atoms with Gasteiger partial charge in [0.05, 0.1) is 0 Å². The molecule has 3 N–H and O–H groups in total. The van der Waals surface area contributed by atoms with Gasteiger partial charge in [-0.1, -0.05) is 44.2 Å². The minimum Gasteiger partial charge on any atom is -0.480 e. The number of carboxylic acid groups (broad SMARTS) is 1. The van der Waals surface area contributed by atoms with Crippen LogP contribution in [0.5, 0.6) is 0 Å². The minimum absolute atomic E-state index is 0.0812. The minimum atomic E-state index is -1.20. The van der Waals surface area contributed by atoms with Crippen LogP contribution in [0.4, 0.5) is 0 Å². The predicted molar refractivity (Wildman–Crippen MR) is 103 cm³/mol. The van der Waals surface area contributed by atoms with Gasteiger partial charge in [0.2, 0.25) is 0 Å². The van der Waals surface area contributed by atoms with Crippen molar-refractivity contribution in [3.8, 4) is 0 Å². The Morgan fingerprint density at radius 1 is 1.18 bits per heavy atom. The second-order valence-electron chi connectivity index (χ2n) is 7.90. The normalized spacial score (nSPS) is 16.1. The summed E-state index contributed by atoms with van der Waals surface area (Å²) in [5.41, 5.74) is 0.422. The Labute approximate surface area is 161 Å². The van der Waals surface area contributed by atoms with Crippen LogP contribution in [0, 0.1) is 5.41 Å². The van der Waals surface area contributed by atoms with E-state index in [0.29, 0.717) is 24.1 Å². The molecule has 1 aromatic carbocycles. The molecule has 0 saturated heterocycles. The largest absolute Gasteiger partial charge is 0.480 e. The van der Waals surface area contributed by atoms with Gasteiger partial charge in [-0.05, 0) is 23.5 Å². The number of benzene rings is 1. The summed E-state index contributed by atoms with van der Waals surface area (Å²) in [6, 6.07) is 8.96. The van der Waals surface area contributed by atoms with Crippen LogP contribution in [-0.2, 0) is 17.6 Å². The molecule has 1 amide bonds. The van der Waals surface area contributed by atoms with Gasteiger partial charge in [0.15, 0.2) is 5.78 Å². The van der Waals surface area contributed by atoms with Crippen LogP contribution in [0.2, 0.25) is 0 Å². The van der Waals surface area contributed by atoms with E-state index in [0.717, 1.165) is 5.56 Å². The van der Waals surface area contributed by atoms with E-state index in [1.54, 1.807) is 24.3 Å². The lowest BCUT2D eigenvalue weighted by molar-refractivity contribution is -0.139. The Morgan fingerprint density at radius 2 is 1.86 bits per heavy atom. The Kier molecular flexibility index (Phi) is 5.18. The lowest BCUT2D eigenvalue weighted by Crippen LogP contribution is -2.44. The van der Waals surface area contributed by atoms with Crippen molar-refractivity contribution in [1.29, 1.82) is 0 Å². The maximum Gasteiger partial charge on any atom is 0.326 e. The van der Waals surface area contributed by atoms with Crippen LogP contribution < -0.4 is 10.9 Å². The fourth-order valence-electron chi connectivity index (χ4n) is 3.48. The molecule has 1 heterocycles. The zero-order valence-electron chi connectivity index (χ0n) is 15.7. The summed E-state index contributed by atoms with van der Waals surface area (Å²) in [6.07, 6.45) is 0.924. The van der Waals surface area contributed by atoms with Crippen molar-refractivity contribution in [2.75, 3.05) is 0 Å². The van der Waals surface area contributed by atoms with E-state index in [1.807, 2.05) is 19.9 Å². The number of nitrogens with one attached hydrogen (secondary N) is 2. The molecule has 0 fully saturated rings. The molecule has 146 valence electrons. The molecular weight excluding hydrogens is 360 g/mol. The molecule has 0 radical (unpaired) electrons. The maximum atomic E-state index is 12.6. The van der Waals surface area contributed by atoms with Gasteiger partial charge in [-0.25, -0.2) is 4.79 Å². The number of carbonyl (C=O) groups excluding carboxylic acids is 2. The average molecular weight is 382 g/mol. The van der Waals surface area contributed by atoms with E-state index in [9.17, 15) is 24.3 Å². The highest BCUT2D eigenvalue weighted by atomic mass is 16.4. The number of pyridine rings is 1. The molecule has 2 aromatic rings. The van der Waals surface area contributed by atoms with E-state index in [4.69, 9.17) is 0 Å². The molecule has 28 heavy (non-hydrogen) atoms. The number of hydrogen-bond acceptors (Lipinski definition) is 4. The van der Waals surface area contributed by atoms with Crippen LogP contribution in [0.25, 0.3) is 0 Å². The number of aromatic amines is 1. The number of carbonyl (C=O) groups is 3. The number of hydrogen-bond donors (Lipinski definition) is 3. The second-order valence-corrected chi connectivity index (χ2v) is 7.90. The van der Waals surface area contributed by atoms with Gasteiger partial charge < -0.3 is 15.4 Å². The SMILES string of the molecule is CC1(C)CC(=O)c2cc(C(=O)N[C@H](Cc3ccccc3)C(=O)O)c(=O)[nH]c2C1. The van der Waals surface area contributed by atoms with Crippen LogP contribution in [-0.4, -0.2) is 33.8 Å². The number of aliphatic carboxylic acids is 1. The Morgan fingerprint density at radius 3 is 2.50 bits per heavy atom. The summed E-state index contributed by atoms with van der Waals surface area (Å²) < 4.78 is 0. The quantitative estimate of drug-likeness (QED) is 0.731. The van der Waals surface area contributed by atoms with Gasteiger partial charge in [0, 0.05) is 24.1 Å². The van der Waals surface area contributed by atoms with E-state index in [1.165, 1.54) is 6.07 Å². The monoisotopic (exact) mass is 382 g/mol. The highest BCUT2D eigenvalue weighted by Gasteiger charge is 2.33. The fourth-order valence-corrected chi connectivity index (χ4v) is 3.48. The number of fused-ring (bicyclic) bond motifs is 1. The second kappa shape index (κ2) is 7.42. The number of aromatic nitrogens is 1. The zero-order valence-corrected chi connectivity index (χ0v) is 15.7. The maximum absolute atomic E-state index is 12.6. The average Bonchev–Trinajstić information content (AvgIpc) is 2.60. The number of ketones is 1. The molecule has 1 aromatic heterocycles. The first-order valence-corrected chi connectivity index (χ1v) is 9.03. The van der Waals surface area contributed by atoms with E-state index in [2.05, 4.69) is 10.3 Å².